The third kappa shape index (κ3) is 5.29. The van der Waals surface area contributed by atoms with Crippen LogP contribution in [0, 0.1) is 0 Å². The highest BCUT2D eigenvalue weighted by atomic mass is 31.2. The number of carbonyl (C=O) groups excluding carboxylic acids is 1. The normalized spacial score (nSPS) is 26.5. The number of esters is 1. The Balaban J connectivity index is 1.37. The zero-order valence-corrected chi connectivity index (χ0v) is 22.4. The topological polar surface area (TPSA) is 208 Å². The monoisotopic (exact) mass is 563 g/mol. The number of benzene rings is 1. The molecule has 3 aromatic rings. The minimum absolute atomic E-state index is 0.0559. The van der Waals surface area contributed by atoms with Gasteiger partial charge in [0.05, 0.1) is 25.6 Å². The van der Waals surface area contributed by atoms with Gasteiger partial charge in [-0.05, 0) is 32.9 Å². The van der Waals surface area contributed by atoms with Crippen molar-refractivity contribution in [3.63, 3.8) is 0 Å². The molecule has 6 atom stereocenters. The molecule has 2 aliphatic rings. The average Bonchev–Trinajstić information content (AvgIpc) is 3.52. The van der Waals surface area contributed by atoms with Crippen LogP contribution in [0.1, 0.15) is 27.0 Å². The Morgan fingerprint density at radius 1 is 1.28 bits per heavy atom. The number of rotatable bonds is 10. The van der Waals surface area contributed by atoms with Crippen LogP contribution in [0.15, 0.2) is 36.7 Å². The number of nitrogens with zero attached hydrogens (tertiary/aromatic N) is 4. The Hall–Kier alpha value is -3.33. The van der Waals surface area contributed by atoms with E-state index in [9.17, 15) is 14.5 Å². The standard InChI is InChI=1S/C23H30N7O8P/c1-12(2)36-21(32)13(3)29-39(33,38-14-7-5-4-6-8-14)35-10-23-9-34-16(17(23)31)20(37-23)30-11-26-15-18(24)27-22(25)28-19(15)30/h4-8,11-13,16-17,20,31H,9-10H2,1-3H3,(H,29,33)(H4,24,25,27,28)/t13-,16-,17+,20?,23?,39+/m1/s1. The second-order valence-corrected chi connectivity index (χ2v) is 11.3. The van der Waals surface area contributed by atoms with E-state index < -0.39 is 50.4 Å². The highest BCUT2D eigenvalue weighted by Gasteiger charge is 2.63. The van der Waals surface area contributed by atoms with Gasteiger partial charge in [-0.1, -0.05) is 18.2 Å². The molecule has 0 amide bonds. The van der Waals surface area contributed by atoms with Gasteiger partial charge in [-0.3, -0.25) is 13.9 Å². The summed E-state index contributed by atoms with van der Waals surface area (Å²) < 4.78 is 44.1. The maximum atomic E-state index is 13.9. The first kappa shape index (κ1) is 27.2. The fourth-order valence-electron chi connectivity index (χ4n) is 4.41. The van der Waals surface area contributed by atoms with Gasteiger partial charge in [-0.25, -0.2) is 9.55 Å². The van der Waals surface area contributed by atoms with Gasteiger partial charge in [-0.15, -0.1) is 0 Å². The molecule has 0 aliphatic carbocycles. The van der Waals surface area contributed by atoms with Crippen molar-refractivity contribution in [3.8, 4) is 5.75 Å². The molecule has 15 nitrogen and oxygen atoms in total. The zero-order chi connectivity index (χ0) is 27.9. The van der Waals surface area contributed by atoms with Gasteiger partial charge < -0.3 is 35.3 Å². The number of carbonyl (C=O) groups is 1. The summed E-state index contributed by atoms with van der Waals surface area (Å²) in [5.41, 5.74) is 10.8. The summed E-state index contributed by atoms with van der Waals surface area (Å²) in [4.78, 5) is 24.7. The molecular weight excluding hydrogens is 533 g/mol. The smallest absolute Gasteiger partial charge is 0.459 e. The largest absolute Gasteiger partial charge is 0.462 e. The first-order valence-corrected chi connectivity index (χ1v) is 13.7. The van der Waals surface area contributed by atoms with Gasteiger partial charge in [0.1, 0.15) is 35.1 Å². The van der Waals surface area contributed by atoms with Crippen molar-refractivity contribution in [3.05, 3.63) is 36.7 Å². The number of para-hydroxylation sites is 1. The Morgan fingerprint density at radius 2 is 2.03 bits per heavy atom. The molecule has 2 aromatic heterocycles. The molecule has 2 bridgehead atoms. The molecular formula is C23H30N7O8P. The number of ether oxygens (including phenoxy) is 3. The molecule has 210 valence electrons. The summed E-state index contributed by atoms with van der Waals surface area (Å²) in [5, 5.41) is 13.7. The van der Waals surface area contributed by atoms with Crippen molar-refractivity contribution < 1.29 is 37.7 Å². The predicted octanol–water partition coefficient (Wildman–Crippen LogP) is 1.15. The fraction of sp³-hybridized carbons (Fsp3) is 0.478. The van der Waals surface area contributed by atoms with Crippen LogP contribution >= 0.6 is 7.75 Å². The van der Waals surface area contributed by atoms with Gasteiger partial charge >= 0.3 is 13.7 Å². The second kappa shape index (κ2) is 10.3. The number of nitrogens with one attached hydrogen (secondary N) is 1. The highest BCUT2D eigenvalue weighted by Crippen LogP contribution is 2.50. The molecule has 1 aromatic carbocycles. The lowest BCUT2D eigenvalue weighted by atomic mass is 10.0. The molecule has 2 fully saturated rings. The second-order valence-electron chi connectivity index (χ2n) is 9.60. The van der Waals surface area contributed by atoms with E-state index >= 15 is 0 Å². The number of aromatic nitrogens is 4. The van der Waals surface area contributed by atoms with Crippen molar-refractivity contribution >= 4 is 36.6 Å². The molecule has 0 radical (unpaired) electrons. The maximum Gasteiger partial charge on any atom is 0.459 e. The van der Waals surface area contributed by atoms with Gasteiger partial charge in [0, 0.05) is 0 Å². The number of nitrogens with two attached hydrogens (primary N) is 2. The number of aliphatic hydroxyl groups excluding tert-OH is 1. The average molecular weight is 564 g/mol. The molecule has 16 heteroatoms. The van der Waals surface area contributed by atoms with Crippen molar-refractivity contribution in [1.82, 2.24) is 24.6 Å². The summed E-state index contributed by atoms with van der Waals surface area (Å²) >= 11 is 0. The third-order valence-electron chi connectivity index (χ3n) is 6.25. The predicted molar refractivity (Wildman–Crippen MR) is 137 cm³/mol. The number of aliphatic hydroxyl groups is 1. The van der Waals surface area contributed by atoms with E-state index in [0.29, 0.717) is 11.2 Å². The minimum atomic E-state index is -4.21. The quantitative estimate of drug-likeness (QED) is 0.202. The summed E-state index contributed by atoms with van der Waals surface area (Å²) in [7, 11) is -4.21. The van der Waals surface area contributed by atoms with Crippen LogP contribution in [-0.4, -0.2) is 73.8 Å². The van der Waals surface area contributed by atoms with Crippen LogP contribution in [0.2, 0.25) is 0 Å². The molecule has 2 unspecified atom stereocenters. The van der Waals surface area contributed by atoms with E-state index in [4.69, 9.17) is 34.7 Å². The molecule has 5 rings (SSSR count). The first-order chi connectivity index (χ1) is 18.5. The molecule has 4 heterocycles. The van der Waals surface area contributed by atoms with E-state index in [0.717, 1.165) is 0 Å². The summed E-state index contributed by atoms with van der Waals surface area (Å²) in [6, 6.07) is 7.28. The van der Waals surface area contributed by atoms with Crippen LogP contribution in [0.5, 0.6) is 5.75 Å². The van der Waals surface area contributed by atoms with Crippen molar-refractivity contribution in [2.24, 2.45) is 0 Å². The van der Waals surface area contributed by atoms with Crippen LogP contribution < -0.4 is 21.1 Å². The lowest BCUT2D eigenvalue weighted by molar-refractivity contribution is -0.183. The maximum absolute atomic E-state index is 13.9. The molecule has 0 saturated carbocycles. The number of hydrogen-bond donors (Lipinski definition) is 4. The molecule has 39 heavy (non-hydrogen) atoms. The molecule has 2 aliphatic heterocycles. The molecule has 0 spiro atoms. The van der Waals surface area contributed by atoms with E-state index in [1.54, 1.807) is 44.2 Å². The van der Waals surface area contributed by atoms with Crippen LogP contribution in [0.3, 0.4) is 0 Å². The zero-order valence-electron chi connectivity index (χ0n) is 21.5. The van der Waals surface area contributed by atoms with Gasteiger partial charge in [-0.2, -0.15) is 15.1 Å². The van der Waals surface area contributed by atoms with Gasteiger partial charge in [0.2, 0.25) is 5.95 Å². The number of anilines is 2. The number of hydrogen-bond acceptors (Lipinski definition) is 13. The molecule has 6 N–H and O–H groups in total. The molecule has 2 saturated heterocycles. The SMILES string of the molecule is CC(C)OC(=O)[C@@H](C)N[P@](=O)(OCC12CO[C@@H](C(n3cnc4c(N)nc(N)nc43)O1)[C@@H]2O)Oc1ccccc1. The highest BCUT2D eigenvalue weighted by molar-refractivity contribution is 7.52. The van der Waals surface area contributed by atoms with Gasteiger partial charge in [0.25, 0.3) is 0 Å². The number of nitrogen functional groups attached to an aromatic ring is 2. The Bertz CT molecular complexity index is 1410. The Labute approximate surface area is 223 Å². The Kier molecular flexibility index (Phi) is 7.22. The number of imidazole rings is 1. The van der Waals surface area contributed by atoms with Crippen molar-refractivity contribution in [2.45, 2.75) is 57.0 Å². The fourth-order valence-corrected chi connectivity index (χ4v) is 5.96. The van der Waals surface area contributed by atoms with Crippen molar-refractivity contribution in [1.29, 1.82) is 0 Å². The summed E-state index contributed by atoms with van der Waals surface area (Å²) in [5.74, 6) is -0.368. The Morgan fingerprint density at radius 3 is 2.74 bits per heavy atom. The van der Waals surface area contributed by atoms with E-state index in [2.05, 4.69) is 20.0 Å². The van der Waals surface area contributed by atoms with E-state index in [-0.39, 0.29) is 30.2 Å². The van der Waals surface area contributed by atoms with Gasteiger partial charge in [0.15, 0.2) is 17.7 Å². The van der Waals surface area contributed by atoms with Crippen molar-refractivity contribution in [2.75, 3.05) is 24.7 Å². The first-order valence-electron chi connectivity index (χ1n) is 12.2. The van der Waals surface area contributed by atoms with Crippen LogP contribution in [0.25, 0.3) is 11.2 Å². The van der Waals surface area contributed by atoms with Crippen LogP contribution in [0.4, 0.5) is 11.8 Å². The van der Waals surface area contributed by atoms with Crippen LogP contribution in [-0.2, 0) is 28.1 Å². The lowest BCUT2D eigenvalue weighted by Gasteiger charge is -2.32. The lowest BCUT2D eigenvalue weighted by Crippen LogP contribution is -2.46. The van der Waals surface area contributed by atoms with E-state index in [1.807, 2.05) is 0 Å². The van der Waals surface area contributed by atoms with E-state index in [1.165, 1.54) is 17.8 Å². The third-order valence-corrected chi connectivity index (χ3v) is 7.88. The summed E-state index contributed by atoms with van der Waals surface area (Å²) in [6.45, 7) is 4.41. The number of fused-ring (bicyclic) bond motifs is 3. The minimum Gasteiger partial charge on any atom is -0.462 e. The summed E-state index contributed by atoms with van der Waals surface area (Å²) in [6.07, 6.45) is -1.83.